The Morgan fingerprint density at radius 3 is 2.56 bits per heavy atom. The Morgan fingerprint density at radius 2 is 1.94 bits per heavy atom. The van der Waals surface area contributed by atoms with Gasteiger partial charge >= 0.3 is 12.0 Å². The summed E-state index contributed by atoms with van der Waals surface area (Å²) in [6, 6.07) is -0.521. The molecule has 106 valence electrons. The minimum absolute atomic E-state index is 0.328. The van der Waals surface area contributed by atoms with E-state index in [0.717, 1.165) is 0 Å². The van der Waals surface area contributed by atoms with Crippen molar-refractivity contribution in [3.63, 3.8) is 0 Å². The van der Waals surface area contributed by atoms with E-state index in [2.05, 4.69) is 10.6 Å². The predicted octanol–water partition coefficient (Wildman–Crippen LogP) is -1.22. The second kappa shape index (κ2) is 10.8. The summed E-state index contributed by atoms with van der Waals surface area (Å²) in [5.41, 5.74) is 0. The number of urea groups is 1. The van der Waals surface area contributed by atoms with E-state index in [1.807, 2.05) is 0 Å². The van der Waals surface area contributed by atoms with Gasteiger partial charge in [0.25, 0.3) is 0 Å². The zero-order chi connectivity index (χ0) is 13.8. The van der Waals surface area contributed by atoms with Crippen LogP contribution in [0.15, 0.2) is 0 Å². The van der Waals surface area contributed by atoms with Gasteiger partial charge in [-0.05, 0) is 6.42 Å². The van der Waals surface area contributed by atoms with E-state index in [0.29, 0.717) is 32.8 Å². The lowest BCUT2D eigenvalue weighted by Gasteiger charge is -2.09. The van der Waals surface area contributed by atoms with Crippen LogP contribution in [0.1, 0.15) is 6.42 Å². The number of hydrogen-bond acceptors (Lipinski definition) is 5. The molecule has 0 aromatic carbocycles. The van der Waals surface area contributed by atoms with Gasteiger partial charge in [-0.3, -0.25) is 0 Å². The summed E-state index contributed by atoms with van der Waals surface area (Å²) >= 11 is 0. The number of amides is 2. The van der Waals surface area contributed by atoms with Crippen molar-refractivity contribution >= 4 is 12.0 Å². The highest BCUT2D eigenvalue weighted by atomic mass is 16.5. The van der Waals surface area contributed by atoms with Gasteiger partial charge in [0, 0.05) is 20.3 Å². The molecule has 0 rings (SSSR count). The Hall–Kier alpha value is -1.38. The molecule has 1 unspecified atom stereocenters. The molecular weight excluding hydrogens is 244 g/mol. The number of ether oxygens (including phenoxy) is 2. The van der Waals surface area contributed by atoms with Crippen LogP contribution in [0, 0.1) is 0 Å². The summed E-state index contributed by atoms with van der Waals surface area (Å²) in [4.78, 5) is 21.4. The van der Waals surface area contributed by atoms with Crippen LogP contribution in [0.4, 0.5) is 4.79 Å². The quantitative estimate of drug-likeness (QED) is 0.368. The number of carbonyl (C=O) groups is 2. The number of aliphatic hydroxyl groups excluding tert-OH is 1. The maximum absolute atomic E-state index is 11.1. The molecule has 0 aliphatic heterocycles. The summed E-state index contributed by atoms with van der Waals surface area (Å²) in [6.45, 7) is 1.61. The van der Waals surface area contributed by atoms with Gasteiger partial charge < -0.3 is 30.3 Å². The first-order chi connectivity index (χ1) is 8.57. The van der Waals surface area contributed by atoms with Gasteiger partial charge in [0.15, 0.2) is 6.10 Å². The first-order valence-corrected chi connectivity index (χ1v) is 5.57. The Morgan fingerprint density at radius 1 is 1.22 bits per heavy atom. The van der Waals surface area contributed by atoms with Gasteiger partial charge in [0.05, 0.1) is 19.8 Å². The van der Waals surface area contributed by atoms with E-state index in [4.69, 9.17) is 19.7 Å². The minimum Gasteiger partial charge on any atom is -0.479 e. The SMILES string of the molecule is COCCOCCCNC(=O)NCC(O)C(=O)O. The largest absolute Gasteiger partial charge is 0.479 e. The summed E-state index contributed by atoms with van der Waals surface area (Å²) < 4.78 is 9.95. The number of hydrogen-bond donors (Lipinski definition) is 4. The Bertz CT molecular complexity index is 249. The fourth-order valence-corrected chi connectivity index (χ4v) is 0.960. The van der Waals surface area contributed by atoms with Gasteiger partial charge in [-0.2, -0.15) is 0 Å². The number of nitrogens with one attached hydrogen (secondary N) is 2. The van der Waals surface area contributed by atoms with Crippen LogP contribution in [-0.4, -0.2) is 68.3 Å². The highest BCUT2D eigenvalue weighted by Gasteiger charge is 2.13. The summed E-state index contributed by atoms with van der Waals surface area (Å²) in [7, 11) is 1.58. The maximum atomic E-state index is 11.1. The molecular formula is C10H20N2O6. The topological polar surface area (TPSA) is 117 Å². The average Bonchev–Trinajstić information content (AvgIpc) is 2.34. The Labute approximate surface area is 105 Å². The predicted molar refractivity (Wildman–Crippen MR) is 62.4 cm³/mol. The van der Waals surface area contributed by atoms with Crippen LogP contribution < -0.4 is 10.6 Å². The van der Waals surface area contributed by atoms with Crippen molar-refractivity contribution < 1.29 is 29.3 Å². The molecule has 0 saturated carbocycles. The minimum atomic E-state index is -1.59. The number of carbonyl (C=O) groups excluding carboxylic acids is 1. The van der Waals surface area contributed by atoms with Crippen molar-refractivity contribution in [2.24, 2.45) is 0 Å². The molecule has 4 N–H and O–H groups in total. The molecule has 0 spiro atoms. The molecule has 8 heteroatoms. The van der Waals surface area contributed by atoms with Crippen molar-refractivity contribution in [3.05, 3.63) is 0 Å². The number of aliphatic carboxylic acids is 1. The second-order valence-corrected chi connectivity index (χ2v) is 3.45. The maximum Gasteiger partial charge on any atom is 0.334 e. The van der Waals surface area contributed by atoms with Crippen LogP contribution in [0.5, 0.6) is 0 Å². The van der Waals surface area contributed by atoms with Crippen molar-refractivity contribution in [2.45, 2.75) is 12.5 Å². The average molecular weight is 264 g/mol. The van der Waals surface area contributed by atoms with Crippen molar-refractivity contribution in [2.75, 3.05) is 40.0 Å². The van der Waals surface area contributed by atoms with Crippen molar-refractivity contribution in [1.29, 1.82) is 0 Å². The fourth-order valence-electron chi connectivity index (χ4n) is 0.960. The molecule has 0 heterocycles. The van der Waals surface area contributed by atoms with E-state index < -0.39 is 18.1 Å². The number of rotatable bonds is 10. The molecule has 18 heavy (non-hydrogen) atoms. The number of carboxylic acid groups (broad SMARTS) is 1. The van der Waals surface area contributed by atoms with E-state index in [1.54, 1.807) is 7.11 Å². The molecule has 0 aliphatic rings. The highest BCUT2D eigenvalue weighted by molar-refractivity contribution is 5.76. The van der Waals surface area contributed by atoms with Gasteiger partial charge in [0.2, 0.25) is 0 Å². The number of carboxylic acids is 1. The van der Waals surface area contributed by atoms with Crippen LogP contribution in [-0.2, 0) is 14.3 Å². The normalized spacial score (nSPS) is 11.9. The van der Waals surface area contributed by atoms with Crippen LogP contribution in [0.3, 0.4) is 0 Å². The third-order valence-electron chi connectivity index (χ3n) is 1.92. The molecule has 0 bridgehead atoms. The van der Waals surface area contributed by atoms with E-state index in [-0.39, 0.29) is 6.54 Å². The fraction of sp³-hybridized carbons (Fsp3) is 0.800. The zero-order valence-electron chi connectivity index (χ0n) is 10.3. The Balaban J connectivity index is 3.35. The zero-order valence-corrected chi connectivity index (χ0v) is 10.3. The van der Waals surface area contributed by atoms with E-state index in [9.17, 15) is 9.59 Å². The van der Waals surface area contributed by atoms with Crippen LogP contribution in [0.2, 0.25) is 0 Å². The van der Waals surface area contributed by atoms with Gasteiger partial charge in [-0.15, -0.1) is 0 Å². The third-order valence-corrected chi connectivity index (χ3v) is 1.92. The monoisotopic (exact) mass is 264 g/mol. The lowest BCUT2D eigenvalue weighted by atomic mass is 10.3. The molecule has 0 aromatic rings. The summed E-state index contributed by atoms with van der Waals surface area (Å²) in [5, 5.41) is 22.0. The smallest absolute Gasteiger partial charge is 0.334 e. The van der Waals surface area contributed by atoms with Crippen LogP contribution >= 0.6 is 0 Å². The highest BCUT2D eigenvalue weighted by Crippen LogP contribution is 1.83. The first-order valence-electron chi connectivity index (χ1n) is 5.57. The van der Waals surface area contributed by atoms with E-state index in [1.165, 1.54) is 0 Å². The number of aliphatic hydroxyl groups is 1. The summed E-state index contributed by atoms with van der Waals surface area (Å²) in [6.07, 6.45) is -0.952. The van der Waals surface area contributed by atoms with Gasteiger partial charge in [-0.1, -0.05) is 0 Å². The lowest BCUT2D eigenvalue weighted by Crippen LogP contribution is -2.42. The molecule has 0 fully saturated rings. The van der Waals surface area contributed by atoms with Gasteiger partial charge in [0.1, 0.15) is 0 Å². The standard InChI is InChI=1S/C10H20N2O6/c1-17-5-6-18-4-2-3-11-10(16)12-7-8(13)9(14)15/h8,13H,2-7H2,1H3,(H,14,15)(H2,11,12,16). The molecule has 8 nitrogen and oxygen atoms in total. The molecule has 0 aliphatic carbocycles. The molecule has 0 aromatic heterocycles. The van der Waals surface area contributed by atoms with Crippen molar-refractivity contribution in [1.82, 2.24) is 10.6 Å². The molecule has 0 radical (unpaired) electrons. The van der Waals surface area contributed by atoms with Crippen molar-refractivity contribution in [3.8, 4) is 0 Å². The first kappa shape index (κ1) is 16.6. The summed E-state index contributed by atoms with van der Waals surface area (Å²) in [5.74, 6) is -1.37. The molecule has 2 amide bonds. The van der Waals surface area contributed by atoms with E-state index >= 15 is 0 Å². The van der Waals surface area contributed by atoms with Crippen LogP contribution in [0.25, 0.3) is 0 Å². The lowest BCUT2D eigenvalue weighted by molar-refractivity contribution is -0.146. The second-order valence-electron chi connectivity index (χ2n) is 3.45. The third kappa shape index (κ3) is 9.82. The Kier molecular flexibility index (Phi) is 9.93. The molecule has 0 saturated heterocycles. The molecule has 1 atom stereocenters. The van der Waals surface area contributed by atoms with Gasteiger partial charge in [-0.25, -0.2) is 9.59 Å². The number of methoxy groups -OCH3 is 1.